The van der Waals surface area contributed by atoms with Crippen molar-refractivity contribution in [1.82, 2.24) is 9.97 Å². The maximum Gasteiger partial charge on any atom is 0.264 e. The molecule has 0 bridgehead atoms. The zero-order valence-corrected chi connectivity index (χ0v) is 11.2. The van der Waals surface area contributed by atoms with Crippen LogP contribution >= 0.6 is 0 Å². The van der Waals surface area contributed by atoms with Crippen LogP contribution in [0.4, 0.5) is 5.95 Å². The molecule has 7 heteroatoms. The Kier molecular flexibility index (Phi) is 3.87. The van der Waals surface area contributed by atoms with Gasteiger partial charge in [-0.25, -0.2) is 18.1 Å². The number of rotatable bonds is 5. The van der Waals surface area contributed by atoms with Crippen molar-refractivity contribution in [3.05, 3.63) is 42.2 Å². The third-order valence-electron chi connectivity index (χ3n) is 2.67. The molecule has 2 rings (SSSR count). The van der Waals surface area contributed by atoms with Gasteiger partial charge in [-0.2, -0.15) is 0 Å². The molecular weight excluding hydrogens is 266 g/mol. The van der Waals surface area contributed by atoms with E-state index in [1.807, 2.05) is 6.92 Å². The normalized spacial score (nSPS) is 13.2. The molecule has 0 aliphatic rings. The summed E-state index contributed by atoms with van der Waals surface area (Å²) in [7, 11) is -3.70. The van der Waals surface area contributed by atoms with Gasteiger partial charge in [0.15, 0.2) is 0 Å². The lowest BCUT2D eigenvalue weighted by Gasteiger charge is -2.10. The fourth-order valence-electron chi connectivity index (χ4n) is 1.63. The second kappa shape index (κ2) is 5.41. The molecule has 0 spiro atoms. The highest BCUT2D eigenvalue weighted by Crippen LogP contribution is 2.20. The zero-order valence-electron chi connectivity index (χ0n) is 10.4. The molecule has 1 aromatic heterocycles. The molecule has 19 heavy (non-hydrogen) atoms. The SMILES string of the molecule is CCC(O)c1cccc(S(=O)(=O)Nc2ncc[nH]2)c1. The van der Waals surface area contributed by atoms with Gasteiger partial charge in [-0.15, -0.1) is 0 Å². The highest BCUT2D eigenvalue weighted by molar-refractivity contribution is 7.92. The van der Waals surface area contributed by atoms with E-state index >= 15 is 0 Å². The Balaban J connectivity index is 2.30. The van der Waals surface area contributed by atoms with E-state index in [0.29, 0.717) is 12.0 Å². The van der Waals surface area contributed by atoms with Crippen molar-refractivity contribution in [2.75, 3.05) is 4.72 Å². The minimum absolute atomic E-state index is 0.0916. The van der Waals surface area contributed by atoms with Crippen molar-refractivity contribution in [3.63, 3.8) is 0 Å². The van der Waals surface area contributed by atoms with E-state index in [4.69, 9.17) is 0 Å². The van der Waals surface area contributed by atoms with E-state index < -0.39 is 16.1 Å². The quantitative estimate of drug-likeness (QED) is 0.776. The predicted molar refractivity (Wildman–Crippen MR) is 71.1 cm³/mol. The maximum atomic E-state index is 12.1. The first-order chi connectivity index (χ1) is 9.03. The van der Waals surface area contributed by atoms with Crippen LogP contribution in [0.5, 0.6) is 0 Å². The lowest BCUT2D eigenvalue weighted by atomic mass is 10.1. The van der Waals surface area contributed by atoms with Crippen LogP contribution in [-0.4, -0.2) is 23.5 Å². The topological polar surface area (TPSA) is 95.1 Å². The van der Waals surface area contributed by atoms with Crippen molar-refractivity contribution >= 4 is 16.0 Å². The van der Waals surface area contributed by atoms with Crippen LogP contribution in [0.2, 0.25) is 0 Å². The van der Waals surface area contributed by atoms with Crippen molar-refractivity contribution in [2.45, 2.75) is 24.3 Å². The van der Waals surface area contributed by atoms with Crippen molar-refractivity contribution in [1.29, 1.82) is 0 Å². The average Bonchev–Trinajstić information content (AvgIpc) is 2.90. The molecule has 1 heterocycles. The van der Waals surface area contributed by atoms with Gasteiger partial charge in [-0.3, -0.25) is 0 Å². The van der Waals surface area contributed by atoms with Gasteiger partial charge in [-0.05, 0) is 24.1 Å². The monoisotopic (exact) mass is 281 g/mol. The van der Waals surface area contributed by atoms with Crippen LogP contribution in [0, 0.1) is 0 Å². The second-order valence-corrected chi connectivity index (χ2v) is 5.72. The Bertz CT molecular complexity index is 638. The summed E-state index contributed by atoms with van der Waals surface area (Å²) in [5, 5.41) is 9.74. The number of aromatic nitrogens is 2. The highest BCUT2D eigenvalue weighted by atomic mass is 32.2. The number of anilines is 1. The molecule has 0 saturated carbocycles. The van der Waals surface area contributed by atoms with Crippen LogP contribution in [0.15, 0.2) is 41.6 Å². The van der Waals surface area contributed by atoms with Gasteiger partial charge >= 0.3 is 0 Å². The molecule has 2 aromatic rings. The predicted octanol–water partition coefficient (Wildman–Crippen LogP) is 1.65. The molecule has 102 valence electrons. The number of nitrogens with one attached hydrogen (secondary N) is 2. The summed E-state index contributed by atoms with van der Waals surface area (Å²) in [6, 6.07) is 6.22. The van der Waals surface area contributed by atoms with Crippen molar-refractivity contribution < 1.29 is 13.5 Å². The summed E-state index contributed by atoms with van der Waals surface area (Å²) >= 11 is 0. The third-order valence-corrected chi connectivity index (χ3v) is 4.01. The first-order valence-electron chi connectivity index (χ1n) is 5.83. The number of hydrogen-bond donors (Lipinski definition) is 3. The summed E-state index contributed by atoms with van der Waals surface area (Å²) in [4.78, 5) is 6.56. The second-order valence-electron chi connectivity index (χ2n) is 4.04. The Labute approximate surface area is 111 Å². The third kappa shape index (κ3) is 3.12. The number of benzene rings is 1. The van der Waals surface area contributed by atoms with Crippen LogP contribution in [0.3, 0.4) is 0 Å². The fourth-order valence-corrected chi connectivity index (χ4v) is 2.66. The van der Waals surface area contributed by atoms with E-state index in [0.717, 1.165) is 0 Å². The van der Waals surface area contributed by atoms with Gasteiger partial charge < -0.3 is 10.1 Å². The zero-order chi connectivity index (χ0) is 13.9. The minimum Gasteiger partial charge on any atom is -0.388 e. The molecule has 0 radical (unpaired) electrons. The van der Waals surface area contributed by atoms with Gasteiger partial charge in [-0.1, -0.05) is 19.1 Å². The standard InChI is InChI=1S/C12H15N3O3S/c1-2-11(16)9-4-3-5-10(8-9)19(17,18)15-12-13-6-7-14-12/h3-8,11,16H,2H2,1H3,(H2,13,14,15). The first kappa shape index (κ1) is 13.6. The summed E-state index contributed by atoms with van der Waals surface area (Å²) in [6.45, 7) is 1.83. The van der Waals surface area contributed by atoms with E-state index in [1.165, 1.54) is 24.5 Å². The number of sulfonamides is 1. The van der Waals surface area contributed by atoms with E-state index in [2.05, 4.69) is 14.7 Å². The van der Waals surface area contributed by atoms with E-state index in [9.17, 15) is 13.5 Å². The minimum atomic E-state index is -3.70. The Morgan fingerprint density at radius 3 is 2.89 bits per heavy atom. The first-order valence-corrected chi connectivity index (χ1v) is 7.31. The maximum absolute atomic E-state index is 12.1. The Morgan fingerprint density at radius 2 is 2.26 bits per heavy atom. The van der Waals surface area contributed by atoms with Gasteiger partial charge in [0.25, 0.3) is 10.0 Å². The summed E-state index contributed by atoms with van der Waals surface area (Å²) in [5.41, 5.74) is 0.574. The molecule has 1 atom stereocenters. The van der Waals surface area contributed by atoms with Gasteiger partial charge in [0.05, 0.1) is 11.0 Å². The molecule has 0 fully saturated rings. The number of nitrogens with zero attached hydrogens (tertiary/aromatic N) is 1. The van der Waals surface area contributed by atoms with Crippen molar-refractivity contribution in [2.24, 2.45) is 0 Å². The number of aliphatic hydroxyl groups is 1. The molecule has 0 amide bonds. The van der Waals surface area contributed by atoms with Crippen LogP contribution < -0.4 is 4.72 Å². The van der Waals surface area contributed by atoms with Gasteiger partial charge in [0.1, 0.15) is 0 Å². The molecule has 0 aliphatic heterocycles. The lowest BCUT2D eigenvalue weighted by molar-refractivity contribution is 0.173. The molecule has 0 aliphatic carbocycles. The Hall–Kier alpha value is -1.86. The fraction of sp³-hybridized carbons (Fsp3) is 0.250. The number of H-pyrrole nitrogens is 1. The van der Waals surface area contributed by atoms with Gasteiger partial charge in [0.2, 0.25) is 5.95 Å². The molecule has 1 unspecified atom stereocenters. The number of hydrogen-bond acceptors (Lipinski definition) is 4. The molecule has 6 nitrogen and oxygen atoms in total. The largest absolute Gasteiger partial charge is 0.388 e. The summed E-state index contributed by atoms with van der Waals surface area (Å²) in [6.07, 6.45) is 2.83. The van der Waals surface area contributed by atoms with Crippen LogP contribution in [0.25, 0.3) is 0 Å². The van der Waals surface area contributed by atoms with E-state index in [-0.39, 0.29) is 10.8 Å². The van der Waals surface area contributed by atoms with Crippen LogP contribution in [-0.2, 0) is 10.0 Å². The number of imidazole rings is 1. The molecule has 0 saturated heterocycles. The van der Waals surface area contributed by atoms with Gasteiger partial charge in [0, 0.05) is 12.4 Å². The average molecular weight is 281 g/mol. The molecular formula is C12H15N3O3S. The Morgan fingerprint density at radius 1 is 1.47 bits per heavy atom. The highest BCUT2D eigenvalue weighted by Gasteiger charge is 2.17. The lowest BCUT2D eigenvalue weighted by Crippen LogP contribution is -2.14. The summed E-state index contributed by atoms with van der Waals surface area (Å²) in [5.74, 6) is 0.154. The van der Waals surface area contributed by atoms with E-state index in [1.54, 1.807) is 12.1 Å². The smallest absolute Gasteiger partial charge is 0.264 e. The molecule has 3 N–H and O–H groups in total. The number of aromatic amines is 1. The summed E-state index contributed by atoms with van der Waals surface area (Å²) < 4.78 is 26.5. The molecule has 1 aromatic carbocycles. The van der Waals surface area contributed by atoms with Crippen molar-refractivity contribution in [3.8, 4) is 0 Å². The van der Waals surface area contributed by atoms with Crippen LogP contribution in [0.1, 0.15) is 25.0 Å². The number of aliphatic hydroxyl groups excluding tert-OH is 1.